The molecule has 0 spiro atoms. The molecule has 1 saturated heterocycles. The van der Waals surface area contributed by atoms with Gasteiger partial charge in [-0.2, -0.15) is 0 Å². The molecule has 1 fully saturated rings. The number of hydrogen-bond acceptors (Lipinski definition) is 2. The summed E-state index contributed by atoms with van der Waals surface area (Å²) >= 11 is 5.80. The highest BCUT2D eigenvalue weighted by atomic mass is 35.5. The van der Waals surface area contributed by atoms with Gasteiger partial charge in [0.05, 0.1) is 0 Å². The number of hydrogen-bond donors (Lipinski definition) is 1. The van der Waals surface area contributed by atoms with E-state index in [4.69, 9.17) is 11.6 Å². The number of carbonyl (C=O) groups excluding carboxylic acids is 1. The fourth-order valence-electron chi connectivity index (χ4n) is 3.63. The van der Waals surface area contributed by atoms with E-state index in [-0.39, 0.29) is 23.7 Å². The van der Waals surface area contributed by atoms with Crippen LogP contribution in [0.5, 0.6) is 0 Å². The van der Waals surface area contributed by atoms with Gasteiger partial charge in [-0.05, 0) is 49.9 Å². The second-order valence-electron chi connectivity index (χ2n) is 7.81. The monoisotopic (exact) mass is 368 g/mol. The predicted molar refractivity (Wildman–Crippen MR) is 101 cm³/mol. The Balaban J connectivity index is 1.85. The number of nitrogens with zero attached hydrogens (tertiary/aromatic N) is 1. The quantitative estimate of drug-likeness (QED) is 0.802. The first kappa shape index (κ1) is 20.2. The number of amides is 1. The molecule has 0 radical (unpaired) electrons. The molecule has 140 valence electrons. The molecule has 0 bridgehead atoms. The van der Waals surface area contributed by atoms with Crippen LogP contribution in [0.2, 0.25) is 5.02 Å². The molecule has 1 aromatic carbocycles. The maximum Gasteiger partial charge on any atom is 0.223 e. The molecule has 1 aliphatic rings. The molecule has 1 aromatic rings. The topological polar surface area (TPSA) is 32.3 Å². The molecule has 0 unspecified atom stereocenters. The first-order chi connectivity index (χ1) is 11.8. The molecule has 1 N–H and O–H groups in total. The van der Waals surface area contributed by atoms with Crippen LogP contribution in [-0.4, -0.2) is 29.9 Å². The summed E-state index contributed by atoms with van der Waals surface area (Å²) in [6.07, 6.45) is 1.65. The Morgan fingerprint density at radius 3 is 2.36 bits per heavy atom. The molecule has 0 aliphatic carbocycles. The average Bonchev–Trinajstić information content (AvgIpc) is 2.55. The van der Waals surface area contributed by atoms with E-state index >= 15 is 0 Å². The molecule has 3 nitrogen and oxygen atoms in total. The number of rotatable bonds is 6. The lowest BCUT2D eigenvalue weighted by Gasteiger charge is -2.33. The van der Waals surface area contributed by atoms with Crippen LogP contribution in [0.3, 0.4) is 0 Å². The van der Waals surface area contributed by atoms with Gasteiger partial charge in [-0.25, -0.2) is 4.39 Å². The lowest BCUT2D eigenvalue weighted by molar-refractivity contribution is -0.127. The number of nitrogens with one attached hydrogen (secondary N) is 1. The van der Waals surface area contributed by atoms with Crippen molar-refractivity contribution in [3.8, 4) is 0 Å². The number of likely N-dealkylation sites (tertiary alicyclic amines) is 1. The molecule has 25 heavy (non-hydrogen) atoms. The van der Waals surface area contributed by atoms with Crippen molar-refractivity contribution in [1.82, 2.24) is 10.2 Å². The number of carbonyl (C=O) groups is 1. The molecule has 1 aliphatic heterocycles. The second-order valence-corrected chi connectivity index (χ2v) is 8.24. The van der Waals surface area contributed by atoms with Crippen LogP contribution in [0.25, 0.3) is 0 Å². The van der Waals surface area contributed by atoms with Crippen molar-refractivity contribution in [2.45, 2.75) is 53.1 Å². The molecular weight excluding hydrogens is 339 g/mol. The zero-order chi connectivity index (χ0) is 18.6. The van der Waals surface area contributed by atoms with Crippen LogP contribution in [0.1, 0.15) is 46.1 Å². The third kappa shape index (κ3) is 5.68. The minimum absolute atomic E-state index is 0.0614. The Morgan fingerprint density at radius 2 is 1.84 bits per heavy atom. The van der Waals surface area contributed by atoms with Gasteiger partial charge in [0.15, 0.2) is 0 Å². The first-order valence-corrected chi connectivity index (χ1v) is 9.62. The third-order valence-electron chi connectivity index (χ3n) is 5.11. The van der Waals surface area contributed by atoms with Crippen molar-refractivity contribution in [2.75, 3.05) is 13.1 Å². The summed E-state index contributed by atoms with van der Waals surface area (Å²) in [6.45, 7) is 10.8. The van der Waals surface area contributed by atoms with E-state index in [2.05, 4.69) is 37.9 Å². The van der Waals surface area contributed by atoms with Crippen molar-refractivity contribution < 1.29 is 9.18 Å². The standard InChI is InChI=1S/C20H30ClFN2O/c1-13(2)19(14(3)4)23-20(25)15-7-9-24(10-8-15)12-16-5-6-17(21)11-18(16)22/h5-6,11,13-15,19H,7-10,12H2,1-4H3,(H,23,25). The fourth-order valence-corrected chi connectivity index (χ4v) is 3.79. The van der Waals surface area contributed by atoms with E-state index in [0.29, 0.717) is 29.0 Å². The van der Waals surface area contributed by atoms with Crippen molar-refractivity contribution in [2.24, 2.45) is 17.8 Å². The third-order valence-corrected chi connectivity index (χ3v) is 5.35. The van der Waals surface area contributed by atoms with Gasteiger partial charge in [-0.1, -0.05) is 45.4 Å². The Labute approximate surface area is 155 Å². The van der Waals surface area contributed by atoms with Gasteiger partial charge in [0.2, 0.25) is 5.91 Å². The fraction of sp³-hybridized carbons (Fsp3) is 0.650. The van der Waals surface area contributed by atoms with Crippen LogP contribution in [0, 0.1) is 23.6 Å². The molecule has 0 saturated carbocycles. The lowest BCUT2D eigenvalue weighted by atomic mass is 9.90. The van der Waals surface area contributed by atoms with Crippen molar-refractivity contribution >= 4 is 17.5 Å². The highest BCUT2D eigenvalue weighted by Crippen LogP contribution is 2.22. The number of halogens is 2. The summed E-state index contributed by atoms with van der Waals surface area (Å²) in [7, 11) is 0. The molecular formula is C20H30ClFN2O. The maximum atomic E-state index is 13.9. The lowest BCUT2D eigenvalue weighted by Crippen LogP contribution is -2.47. The molecule has 0 aromatic heterocycles. The molecule has 0 atom stereocenters. The minimum Gasteiger partial charge on any atom is -0.353 e. The molecule has 1 amide bonds. The molecule has 5 heteroatoms. The Morgan fingerprint density at radius 1 is 1.24 bits per heavy atom. The van der Waals surface area contributed by atoms with E-state index in [9.17, 15) is 9.18 Å². The van der Waals surface area contributed by atoms with Crippen molar-refractivity contribution in [1.29, 1.82) is 0 Å². The van der Waals surface area contributed by atoms with Gasteiger partial charge in [0, 0.05) is 29.1 Å². The van der Waals surface area contributed by atoms with Crippen LogP contribution >= 0.6 is 11.6 Å². The van der Waals surface area contributed by atoms with Crippen LogP contribution in [0.15, 0.2) is 18.2 Å². The molecule has 1 heterocycles. The second kappa shape index (κ2) is 9.00. The Hall–Kier alpha value is -1.13. The van der Waals surface area contributed by atoms with Crippen molar-refractivity contribution in [3.05, 3.63) is 34.6 Å². The smallest absolute Gasteiger partial charge is 0.223 e. The van der Waals surface area contributed by atoms with E-state index in [1.54, 1.807) is 12.1 Å². The van der Waals surface area contributed by atoms with E-state index < -0.39 is 0 Å². The Kier molecular flexibility index (Phi) is 7.26. The summed E-state index contributed by atoms with van der Waals surface area (Å²) in [6, 6.07) is 5.04. The van der Waals surface area contributed by atoms with Gasteiger partial charge in [-0.3, -0.25) is 9.69 Å². The maximum absolute atomic E-state index is 13.9. The van der Waals surface area contributed by atoms with Gasteiger partial charge < -0.3 is 5.32 Å². The summed E-state index contributed by atoms with van der Waals surface area (Å²) < 4.78 is 13.9. The number of benzene rings is 1. The van der Waals surface area contributed by atoms with Gasteiger partial charge in [-0.15, -0.1) is 0 Å². The summed E-state index contributed by atoms with van der Waals surface area (Å²) in [5.74, 6) is 0.828. The summed E-state index contributed by atoms with van der Waals surface area (Å²) in [4.78, 5) is 14.8. The van der Waals surface area contributed by atoms with E-state index in [0.717, 1.165) is 25.9 Å². The summed E-state index contributed by atoms with van der Waals surface area (Å²) in [5, 5.41) is 3.65. The summed E-state index contributed by atoms with van der Waals surface area (Å²) in [5.41, 5.74) is 0.659. The van der Waals surface area contributed by atoms with Crippen LogP contribution in [0.4, 0.5) is 4.39 Å². The Bertz CT molecular complexity index is 575. The van der Waals surface area contributed by atoms with Crippen molar-refractivity contribution in [3.63, 3.8) is 0 Å². The minimum atomic E-state index is -0.260. The normalized spacial score (nSPS) is 16.8. The largest absolute Gasteiger partial charge is 0.353 e. The average molecular weight is 369 g/mol. The zero-order valence-electron chi connectivity index (χ0n) is 15.7. The van der Waals surface area contributed by atoms with Crippen LogP contribution in [-0.2, 0) is 11.3 Å². The highest BCUT2D eigenvalue weighted by molar-refractivity contribution is 6.30. The van der Waals surface area contributed by atoms with E-state index in [1.165, 1.54) is 6.07 Å². The number of piperidine rings is 1. The zero-order valence-corrected chi connectivity index (χ0v) is 16.4. The first-order valence-electron chi connectivity index (χ1n) is 9.24. The predicted octanol–water partition coefficient (Wildman–Crippen LogP) is 4.49. The van der Waals surface area contributed by atoms with Gasteiger partial charge in [0.1, 0.15) is 5.82 Å². The highest BCUT2D eigenvalue weighted by Gasteiger charge is 2.28. The SMILES string of the molecule is CC(C)C(NC(=O)C1CCN(Cc2ccc(Cl)cc2F)CC1)C(C)C. The molecule has 2 rings (SSSR count). The van der Waals surface area contributed by atoms with Gasteiger partial charge in [0.25, 0.3) is 0 Å². The van der Waals surface area contributed by atoms with Crippen LogP contribution < -0.4 is 5.32 Å². The van der Waals surface area contributed by atoms with Gasteiger partial charge >= 0.3 is 0 Å². The van der Waals surface area contributed by atoms with E-state index in [1.807, 2.05) is 0 Å².